The molecule has 0 amide bonds. The Labute approximate surface area is 105 Å². The molecule has 2 aliphatic rings. The van der Waals surface area contributed by atoms with Crippen LogP contribution in [0.4, 0.5) is 0 Å². The summed E-state index contributed by atoms with van der Waals surface area (Å²) in [6.07, 6.45) is 6.52. The number of hydrogen-bond donors (Lipinski definition) is 2. The summed E-state index contributed by atoms with van der Waals surface area (Å²) in [5, 5.41) is 3.52. The molecule has 2 saturated heterocycles. The van der Waals surface area contributed by atoms with E-state index in [4.69, 9.17) is 10.5 Å². The van der Waals surface area contributed by atoms with E-state index in [2.05, 4.69) is 10.2 Å². The standard InChI is InChI=1S/C13H27N3O/c14-12-4-8-16(9-5-12)10-7-15-6-3-13-2-1-11-17-13/h12-13,15H,1-11,14H2. The average Bonchev–Trinajstić information content (AvgIpc) is 2.84. The van der Waals surface area contributed by atoms with E-state index in [1.165, 1.54) is 32.4 Å². The Morgan fingerprint density at radius 1 is 1.18 bits per heavy atom. The topological polar surface area (TPSA) is 50.5 Å². The maximum Gasteiger partial charge on any atom is 0.0588 e. The van der Waals surface area contributed by atoms with Gasteiger partial charge in [0.1, 0.15) is 0 Å². The molecule has 2 fully saturated rings. The van der Waals surface area contributed by atoms with Crippen LogP contribution in [-0.4, -0.2) is 56.4 Å². The van der Waals surface area contributed by atoms with Crippen molar-refractivity contribution in [3.8, 4) is 0 Å². The highest BCUT2D eigenvalue weighted by atomic mass is 16.5. The van der Waals surface area contributed by atoms with Gasteiger partial charge in [-0.1, -0.05) is 0 Å². The molecular weight excluding hydrogens is 214 g/mol. The summed E-state index contributed by atoms with van der Waals surface area (Å²) in [7, 11) is 0. The summed E-state index contributed by atoms with van der Waals surface area (Å²) < 4.78 is 5.60. The number of nitrogens with one attached hydrogen (secondary N) is 1. The summed E-state index contributed by atoms with van der Waals surface area (Å²) in [5.74, 6) is 0. The molecule has 0 saturated carbocycles. The highest BCUT2D eigenvalue weighted by Gasteiger charge is 2.16. The SMILES string of the molecule is NC1CCN(CCNCCC2CCCO2)CC1. The van der Waals surface area contributed by atoms with Crippen LogP contribution in [0.1, 0.15) is 32.1 Å². The lowest BCUT2D eigenvalue weighted by Gasteiger charge is -2.30. The van der Waals surface area contributed by atoms with E-state index < -0.39 is 0 Å². The fourth-order valence-corrected chi connectivity index (χ4v) is 2.67. The molecule has 4 heteroatoms. The molecule has 2 rings (SSSR count). The lowest BCUT2D eigenvalue weighted by molar-refractivity contribution is 0.104. The maximum atomic E-state index is 5.89. The van der Waals surface area contributed by atoms with Gasteiger partial charge in [0.05, 0.1) is 6.10 Å². The van der Waals surface area contributed by atoms with Gasteiger partial charge in [-0.3, -0.25) is 0 Å². The average molecular weight is 241 g/mol. The van der Waals surface area contributed by atoms with Crippen LogP contribution in [0.15, 0.2) is 0 Å². The fourth-order valence-electron chi connectivity index (χ4n) is 2.67. The maximum absolute atomic E-state index is 5.89. The van der Waals surface area contributed by atoms with Crippen molar-refractivity contribution in [2.24, 2.45) is 5.73 Å². The number of ether oxygens (including phenoxy) is 1. The lowest BCUT2D eigenvalue weighted by Crippen LogP contribution is -2.42. The smallest absolute Gasteiger partial charge is 0.0588 e. The van der Waals surface area contributed by atoms with Gasteiger partial charge in [0.25, 0.3) is 0 Å². The fraction of sp³-hybridized carbons (Fsp3) is 1.00. The first-order chi connectivity index (χ1) is 8.34. The molecule has 0 bridgehead atoms. The Morgan fingerprint density at radius 3 is 2.71 bits per heavy atom. The number of piperidine rings is 1. The minimum atomic E-state index is 0.443. The Bertz CT molecular complexity index is 199. The number of hydrogen-bond acceptors (Lipinski definition) is 4. The Hall–Kier alpha value is -0.160. The Kier molecular flexibility index (Phi) is 5.71. The minimum Gasteiger partial charge on any atom is -0.378 e. The first kappa shape index (κ1) is 13.3. The number of nitrogens with two attached hydrogens (primary N) is 1. The van der Waals surface area contributed by atoms with E-state index in [0.717, 1.165) is 39.1 Å². The lowest BCUT2D eigenvalue weighted by atomic mass is 10.1. The van der Waals surface area contributed by atoms with Crippen LogP contribution >= 0.6 is 0 Å². The molecule has 0 aromatic carbocycles. The third-order valence-corrected chi connectivity index (χ3v) is 3.90. The highest BCUT2D eigenvalue weighted by Crippen LogP contribution is 2.14. The van der Waals surface area contributed by atoms with Crippen molar-refractivity contribution in [2.45, 2.75) is 44.2 Å². The summed E-state index contributed by atoms with van der Waals surface area (Å²) in [6, 6.07) is 0.443. The van der Waals surface area contributed by atoms with Crippen LogP contribution in [-0.2, 0) is 4.74 Å². The molecule has 2 heterocycles. The Balaban J connectivity index is 1.43. The first-order valence-electron chi connectivity index (χ1n) is 7.15. The summed E-state index contributed by atoms with van der Waals surface area (Å²) in [5.41, 5.74) is 5.89. The zero-order chi connectivity index (χ0) is 11.9. The monoisotopic (exact) mass is 241 g/mol. The number of nitrogens with zero attached hydrogens (tertiary/aromatic N) is 1. The molecule has 0 aromatic rings. The first-order valence-corrected chi connectivity index (χ1v) is 7.15. The predicted molar refractivity (Wildman–Crippen MR) is 70.1 cm³/mol. The second-order valence-corrected chi connectivity index (χ2v) is 5.35. The van der Waals surface area contributed by atoms with Crippen LogP contribution in [0, 0.1) is 0 Å². The molecule has 1 atom stereocenters. The molecule has 0 radical (unpaired) electrons. The molecule has 0 spiro atoms. The van der Waals surface area contributed by atoms with Crippen LogP contribution in [0.5, 0.6) is 0 Å². The largest absolute Gasteiger partial charge is 0.378 e. The van der Waals surface area contributed by atoms with Gasteiger partial charge >= 0.3 is 0 Å². The van der Waals surface area contributed by atoms with E-state index >= 15 is 0 Å². The van der Waals surface area contributed by atoms with Gasteiger partial charge in [0.15, 0.2) is 0 Å². The third kappa shape index (κ3) is 4.92. The molecule has 2 aliphatic heterocycles. The quantitative estimate of drug-likeness (QED) is 0.668. The second-order valence-electron chi connectivity index (χ2n) is 5.35. The van der Waals surface area contributed by atoms with Gasteiger partial charge in [-0.15, -0.1) is 0 Å². The summed E-state index contributed by atoms with van der Waals surface area (Å²) in [4.78, 5) is 2.52. The summed E-state index contributed by atoms with van der Waals surface area (Å²) >= 11 is 0. The van der Waals surface area contributed by atoms with E-state index in [9.17, 15) is 0 Å². The Morgan fingerprint density at radius 2 is 2.00 bits per heavy atom. The van der Waals surface area contributed by atoms with E-state index in [1.54, 1.807) is 0 Å². The molecule has 3 N–H and O–H groups in total. The zero-order valence-corrected chi connectivity index (χ0v) is 10.9. The molecule has 0 aromatic heterocycles. The van der Waals surface area contributed by atoms with Crippen molar-refractivity contribution in [3.63, 3.8) is 0 Å². The van der Waals surface area contributed by atoms with Crippen molar-refractivity contribution in [3.05, 3.63) is 0 Å². The molecule has 17 heavy (non-hydrogen) atoms. The van der Waals surface area contributed by atoms with E-state index in [-0.39, 0.29) is 0 Å². The van der Waals surface area contributed by atoms with Crippen molar-refractivity contribution in [2.75, 3.05) is 39.3 Å². The van der Waals surface area contributed by atoms with E-state index in [0.29, 0.717) is 12.1 Å². The van der Waals surface area contributed by atoms with Crippen molar-refractivity contribution >= 4 is 0 Å². The van der Waals surface area contributed by atoms with Gasteiger partial charge < -0.3 is 20.7 Å². The van der Waals surface area contributed by atoms with Crippen LogP contribution in [0.3, 0.4) is 0 Å². The minimum absolute atomic E-state index is 0.443. The van der Waals surface area contributed by atoms with Gasteiger partial charge in [-0.25, -0.2) is 0 Å². The van der Waals surface area contributed by atoms with Crippen molar-refractivity contribution < 1.29 is 4.74 Å². The van der Waals surface area contributed by atoms with E-state index in [1.807, 2.05) is 0 Å². The van der Waals surface area contributed by atoms with Crippen molar-refractivity contribution in [1.29, 1.82) is 0 Å². The van der Waals surface area contributed by atoms with Gasteiger partial charge in [0, 0.05) is 25.7 Å². The van der Waals surface area contributed by atoms with Gasteiger partial charge in [0.2, 0.25) is 0 Å². The predicted octanol–water partition coefficient (Wildman–Crippen LogP) is 0.568. The molecule has 1 unspecified atom stereocenters. The van der Waals surface area contributed by atoms with Gasteiger partial charge in [-0.2, -0.15) is 0 Å². The normalized spacial score (nSPS) is 27.7. The van der Waals surface area contributed by atoms with Crippen LogP contribution in [0.25, 0.3) is 0 Å². The summed E-state index contributed by atoms with van der Waals surface area (Å²) in [6.45, 7) is 6.68. The third-order valence-electron chi connectivity index (χ3n) is 3.90. The molecule has 100 valence electrons. The number of likely N-dealkylation sites (tertiary alicyclic amines) is 1. The highest BCUT2D eigenvalue weighted by molar-refractivity contribution is 4.74. The van der Waals surface area contributed by atoms with Crippen molar-refractivity contribution in [1.82, 2.24) is 10.2 Å². The number of rotatable bonds is 6. The molecular formula is C13H27N3O. The molecule has 0 aliphatic carbocycles. The van der Waals surface area contributed by atoms with Crippen LogP contribution in [0.2, 0.25) is 0 Å². The van der Waals surface area contributed by atoms with Crippen LogP contribution < -0.4 is 11.1 Å². The zero-order valence-electron chi connectivity index (χ0n) is 10.9. The second kappa shape index (κ2) is 7.31. The molecule has 4 nitrogen and oxygen atoms in total. The van der Waals surface area contributed by atoms with Gasteiger partial charge in [-0.05, 0) is 51.7 Å².